The van der Waals surface area contributed by atoms with Crippen molar-refractivity contribution in [3.63, 3.8) is 0 Å². The molecule has 1 fully saturated rings. The largest absolute Gasteiger partial charge is 0.325 e. The van der Waals surface area contributed by atoms with Gasteiger partial charge in [0.25, 0.3) is 0 Å². The van der Waals surface area contributed by atoms with Crippen LogP contribution in [-0.2, 0) is 14.8 Å². The summed E-state index contributed by atoms with van der Waals surface area (Å²) in [6, 6.07) is 12.0. The Bertz CT molecular complexity index is 903. The van der Waals surface area contributed by atoms with Gasteiger partial charge in [0.2, 0.25) is 15.9 Å². The summed E-state index contributed by atoms with van der Waals surface area (Å²) in [7, 11) is -3.75. The lowest BCUT2D eigenvalue weighted by Gasteiger charge is -2.31. The lowest BCUT2D eigenvalue weighted by Crippen LogP contribution is -2.43. The average Bonchev–Trinajstić information content (AvgIpc) is 2.64. The Morgan fingerprint density at radius 3 is 2.54 bits per heavy atom. The molecule has 1 aliphatic heterocycles. The van der Waals surface area contributed by atoms with Gasteiger partial charge in [-0.3, -0.25) is 4.79 Å². The summed E-state index contributed by atoms with van der Waals surface area (Å²) in [4.78, 5) is 12.6. The fraction of sp³-hybridized carbons (Fsp3) is 0.278. The molecule has 1 heterocycles. The number of para-hydroxylation sites is 1. The molecule has 2 aromatic rings. The smallest absolute Gasteiger partial charge is 0.243 e. The summed E-state index contributed by atoms with van der Waals surface area (Å²) in [5.74, 6) is -1.14. The third kappa shape index (κ3) is 4.13. The van der Waals surface area contributed by atoms with Crippen LogP contribution in [0.5, 0.6) is 0 Å². The van der Waals surface area contributed by atoms with Gasteiger partial charge in [-0.15, -0.1) is 0 Å². The summed E-state index contributed by atoms with van der Waals surface area (Å²) < 4.78 is 40.6. The van der Waals surface area contributed by atoms with Gasteiger partial charge in [-0.05, 0) is 65.2 Å². The van der Waals surface area contributed by atoms with Crippen LogP contribution in [0.4, 0.5) is 10.1 Å². The molecule has 0 unspecified atom stereocenters. The number of halogens is 2. The van der Waals surface area contributed by atoms with Crippen molar-refractivity contribution >= 4 is 37.5 Å². The van der Waals surface area contributed by atoms with E-state index in [2.05, 4.69) is 21.2 Å². The first-order chi connectivity index (χ1) is 12.4. The number of carbonyl (C=O) groups excluding carboxylic acids is 1. The van der Waals surface area contributed by atoms with Crippen LogP contribution in [0.25, 0.3) is 0 Å². The average molecular weight is 441 g/mol. The monoisotopic (exact) mass is 440 g/mol. The lowest BCUT2D eigenvalue weighted by molar-refractivity contribution is -0.120. The van der Waals surface area contributed by atoms with Crippen LogP contribution in [0.1, 0.15) is 12.8 Å². The highest BCUT2D eigenvalue weighted by atomic mass is 79.9. The van der Waals surface area contributed by atoms with Gasteiger partial charge in [-0.25, -0.2) is 12.8 Å². The number of nitrogens with one attached hydrogen (secondary N) is 1. The molecule has 5 nitrogen and oxygen atoms in total. The molecular formula is C18H18BrFN2O3S. The van der Waals surface area contributed by atoms with Crippen LogP contribution in [0.2, 0.25) is 0 Å². The lowest BCUT2D eigenvalue weighted by atomic mass is 9.99. The van der Waals surface area contributed by atoms with Gasteiger partial charge < -0.3 is 5.32 Å². The second-order valence-electron chi connectivity index (χ2n) is 6.13. The Labute approximate surface area is 160 Å². The minimum Gasteiger partial charge on any atom is -0.325 e. The fourth-order valence-corrected chi connectivity index (χ4v) is 4.84. The zero-order valence-corrected chi connectivity index (χ0v) is 16.3. The van der Waals surface area contributed by atoms with Gasteiger partial charge in [-0.2, -0.15) is 4.31 Å². The Morgan fingerprint density at radius 1 is 1.15 bits per heavy atom. The quantitative estimate of drug-likeness (QED) is 0.788. The van der Waals surface area contributed by atoms with E-state index in [-0.39, 0.29) is 17.3 Å². The molecule has 0 aliphatic carbocycles. The van der Waals surface area contributed by atoms with Crippen molar-refractivity contribution in [2.75, 3.05) is 18.4 Å². The molecule has 0 bridgehead atoms. The number of nitrogens with zero attached hydrogens (tertiary/aromatic N) is 1. The molecule has 0 spiro atoms. The van der Waals surface area contributed by atoms with Crippen molar-refractivity contribution in [3.05, 3.63) is 58.8 Å². The van der Waals surface area contributed by atoms with Crippen molar-refractivity contribution < 1.29 is 17.6 Å². The Kier molecular flexibility index (Phi) is 5.74. The van der Waals surface area contributed by atoms with Gasteiger partial charge in [0.05, 0.1) is 16.5 Å². The van der Waals surface area contributed by atoms with Crippen LogP contribution >= 0.6 is 15.9 Å². The predicted molar refractivity (Wildman–Crippen MR) is 101 cm³/mol. The van der Waals surface area contributed by atoms with Crippen molar-refractivity contribution in [1.29, 1.82) is 0 Å². The molecular weight excluding hydrogens is 423 g/mol. The topological polar surface area (TPSA) is 66.5 Å². The van der Waals surface area contributed by atoms with Crippen LogP contribution < -0.4 is 5.32 Å². The highest BCUT2D eigenvalue weighted by molar-refractivity contribution is 9.10. The predicted octanol–water partition coefficient (Wildman–Crippen LogP) is 3.63. The normalized spacial score (nSPS) is 18.5. The molecule has 26 heavy (non-hydrogen) atoms. The number of benzene rings is 2. The zero-order valence-electron chi connectivity index (χ0n) is 13.9. The third-order valence-corrected chi connectivity index (χ3v) is 6.91. The zero-order chi connectivity index (χ0) is 18.7. The molecule has 1 saturated heterocycles. The minimum absolute atomic E-state index is 0.0331. The molecule has 1 atom stereocenters. The number of anilines is 1. The van der Waals surface area contributed by atoms with Crippen LogP contribution in [-0.4, -0.2) is 31.7 Å². The first kappa shape index (κ1) is 19.0. The van der Waals surface area contributed by atoms with E-state index in [1.807, 2.05) is 18.2 Å². The van der Waals surface area contributed by atoms with E-state index in [0.29, 0.717) is 25.1 Å². The highest BCUT2D eigenvalue weighted by Gasteiger charge is 2.33. The maximum Gasteiger partial charge on any atom is 0.243 e. The molecule has 1 aliphatic rings. The summed E-state index contributed by atoms with van der Waals surface area (Å²) in [6.07, 6.45) is 1.21. The Balaban J connectivity index is 1.73. The van der Waals surface area contributed by atoms with Crippen molar-refractivity contribution in [2.24, 2.45) is 5.92 Å². The van der Waals surface area contributed by atoms with E-state index in [4.69, 9.17) is 0 Å². The van der Waals surface area contributed by atoms with Gasteiger partial charge in [0.15, 0.2) is 0 Å². The van der Waals surface area contributed by atoms with Crippen molar-refractivity contribution in [1.82, 2.24) is 4.31 Å². The van der Waals surface area contributed by atoms with Gasteiger partial charge in [0.1, 0.15) is 5.82 Å². The molecule has 138 valence electrons. The second kappa shape index (κ2) is 7.85. The molecule has 0 aromatic heterocycles. The number of hydrogen-bond donors (Lipinski definition) is 1. The van der Waals surface area contributed by atoms with Crippen molar-refractivity contribution in [3.8, 4) is 0 Å². The summed E-state index contributed by atoms with van der Waals surface area (Å²) in [5, 5.41) is 2.84. The third-order valence-electron chi connectivity index (χ3n) is 4.34. The fourth-order valence-electron chi connectivity index (χ4n) is 2.93. The summed E-state index contributed by atoms with van der Waals surface area (Å²) in [6.45, 7) is 0.453. The van der Waals surface area contributed by atoms with E-state index in [9.17, 15) is 17.6 Å². The molecule has 2 aromatic carbocycles. The number of rotatable bonds is 4. The van der Waals surface area contributed by atoms with E-state index in [1.165, 1.54) is 16.4 Å². The molecule has 0 saturated carbocycles. The number of carbonyl (C=O) groups is 1. The van der Waals surface area contributed by atoms with Crippen LogP contribution in [0.3, 0.4) is 0 Å². The summed E-state index contributed by atoms with van der Waals surface area (Å²) in [5.41, 5.74) is 0.649. The van der Waals surface area contributed by atoms with E-state index in [1.54, 1.807) is 6.07 Å². The molecule has 1 N–H and O–H groups in total. The highest BCUT2D eigenvalue weighted by Crippen LogP contribution is 2.26. The van der Waals surface area contributed by atoms with E-state index < -0.39 is 21.8 Å². The Morgan fingerprint density at radius 2 is 1.85 bits per heavy atom. The second-order valence-corrected chi connectivity index (χ2v) is 8.92. The maximum atomic E-state index is 13.1. The van der Waals surface area contributed by atoms with Crippen molar-refractivity contribution in [2.45, 2.75) is 17.7 Å². The van der Waals surface area contributed by atoms with Crippen LogP contribution in [0, 0.1) is 11.7 Å². The van der Waals surface area contributed by atoms with Gasteiger partial charge in [0, 0.05) is 17.6 Å². The molecule has 3 rings (SSSR count). The Hall–Kier alpha value is -1.77. The molecule has 0 radical (unpaired) electrons. The van der Waals surface area contributed by atoms with Gasteiger partial charge in [-0.1, -0.05) is 12.1 Å². The summed E-state index contributed by atoms with van der Waals surface area (Å²) >= 11 is 3.38. The first-order valence-corrected chi connectivity index (χ1v) is 10.4. The van der Waals surface area contributed by atoms with E-state index in [0.717, 1.165) is 16.6 Å². The number of sulfonamides is 1. The molecule has 1 amide bonds. The van der Waals surface area contributed by atoms with Crippen LogP contribution in [0.15, 0.2) is 57.9 Å². The number of hydrogen-bond acceptors (Lipinski definition) is 3. The number of piperidine rings is 1. The maximum absolute atomic E-state index is 13.1. The first-order valence-electron chi connectivity index (χ1n) is 8.19. The van der Waals surface area contributed by atoms with Gasteiger partial charge >= 0.3 is 0 Å². The SMILES string of the molecule is O=C(Nc1ccccc1Br)[C@H]1CCCN(S(=O)(=O)c2ccc(F)cc2)C1. The minimum atomic E-state index is -3.75. The molecule has 8 heteroatoms. The van der Waals surface area contributed by atoms with E-state index >= 15 is 0 Å². The standard InChI is InChI=1S/C18H18BrFN2O3S/c19-16-5-1-2-6-17(16)21-18(23)13-4-3-11-22(12-13)26(24,25)15-9-7-14(20)8-10-15/h1-2,5-10,13H,3-4,11-12H2,(H,21,23)/t13-/m0/s1. The number of amides is 1.